The van der Waals surface area contributed by atoms with Crippen LogP contribution in [0.3, 0.4) is 0 Å². The second kappa shape index (κ2) is 7.66. The predicted octanol–water partition coefficient (Wildman–Crippen LogP) is 2.62. The summed E-state index contributed by atoms with van der Waals surface area (Å²) < 4.78 is 38.3. The van der Waals surface area contributed by atoms with Gasteiger partial charge in [-0.25, -0.2) is 17.9 Å². The zero-order valence-corrected chi connectivity index (χ0v) is 18.8. The van der Waals surface area contributed by atoms with Crippen molar-refractivity contribution in [2.75, 3.05) is 0 Å². The van der Waals surface area contributed by atoms with Crippen LogP contribution in [0.1, 0.15) is 5.56 Å². The summed E-state index contributed by atoms with van der Waals surface area (Å²) >= 11 is 0. The molecule has 0 bridgehead atoms. The largest absolute Gasteiger partial charge is 0.238 e. The summed E-state index contributed by atoms with van der Waals surface area (Å²) in [6.45, 7) is 1.97. The van der Waals surface area contributed by atoms with Gasteiger partial charge in [-0.3, -0.25) is 0 Å². The highest BCUT2D eigenvalue weighted by atomic mass is 32.2. The lowest BCUT2D eigenvalue weighted by atomic mass is 9.93. The minimum atomic E-state index is -3.79. The lowest BCUT2D eigenvalue weighted by Crippen LogP contribution is -2.29. The summed E-state index contributed by atoms with van der Waals surface area (Å²) in [6.07, 6.45) is 0. The van der Waals surface area contributed by atoms with Crippen LogP contribution in [0.15, 0.2) is 53.4 Å². The minimum absolute atomic E-state index is 0.0164. The van der Waals surface area contributed by atoms with Crippen LogP contribution >= 0.6 is 27.7 Å². The van der Waals surface area contributed by atoms with Crippen LogP contribution in [0.25, 0.3) is 22.3 Å². The second-order valence-electron chi connectivity index (χ2n) is 6.24. The maximum atomic E-state index is 15.3. The Hall–Kier alpha value is -1.21. The molecule has 0 saturated heterocycles. The van der Waals surface area contributed by atoms with Crippen molar-refractivity contribution in [2.24, 2.45) is 5.14 Å². The van der Waals surface area contributed by atoms with Gasteiger partial charge in [0.15, 0.2) is 0 Å². The fourth-order valence-corrected chi connectivity index (χ4v) is 4.60. The molecule has 140 valence electrons. The van der Waals surface area contributed by atoms with E-state index >= 15 is 4.39 Å². The third kappa shape index (κ3) is 3.99. The highest BCUT2D eigenvalue weighted by molar-refractivity contribution is 7.89. The van der Waals surface area contributed by atoms with Crippen LogP contribution in [-0.4, -0.2) is 8.42 Å². The summed E-state index contributed by atoms with van der Waals surface area (Å²) in [5.74, 6) is -0.328. The molecule has 3 aromatic rings. The van der Waals surface area contributed by atoms with Crippen LogP contribution in [0.2, 0.25) is 0 Å². The van der Waals surface area contributed by atoms with Gasteiger partial charge in [-0.05, 0) is 40.8 Å². The van der Waals surface area contributed by atoms with Crippen molar-refractivity contribution >= 4 is 53.7 Å². The number of sulfonamides is 1. The van der Waals surface area contributed by atoms with Crippen molar-refractivity contribution in [1.29, 1.82) is 0 Å². The molecule has 0 heterocycles. The average Bonchev–Trinajstić information content (AvgIpc) is 2.63. The van der Waals surface area contributed by atoms with Gasteiger partial charge in [0.1, 0.15) is 5.82 Å². The number of benzene rings is 3. The number of hydrogen-bond acceptors (Lipinski definition) is 2. The van der Waals surface area contributed by atoms with Gasteiger partial charge in [-0.15, -0.1) is 27.7 Å². The third-order valence-electron chi connectivity index (χ3n) is 4.37. The highest BCUT2D eigenvalue weighted by Crippen LogP contribution is 2.34. The molecule has 0 aromatic heterocycles. The Morgan fingerprint density at radius 3 is 1.78 bits per heavy atom. The molecule has 3 unspecified atom stereocenters. The van der Waals surface area contributed by atoms with Crippen molar-refractivity contribution < 1.29 is 12.8 Å². The Morgan fingerprint density at radius 1 is 0.778 bits per heavy atom. The van der Waals surface area contributed by atoms with Gasteiger partial charge in [0.25, 0.3) is 0 Å². The smallest absolute Gasteiger partial charge is 0.225 e. The number of rotatable bonds is 3. The Bertz CT molecular complexity index is 1130. The zero-order valence-electron chi connectivity index (χ0n) is 14.5. The maximum Gasteiger partial charge on any atom is 0.238 e. The summed E-state index contributed by atoms with van der Waals surface area (Å²) in [6, 6.07) is 13.8. The second-order valence-corrected chi connectivity index (χ2v) is 9.53. The minimum Gasteiger partial charge on any atom is -0.225 e. The first kappa shape index (κ1) is 20.5. The molecule has 3 atom stereocenters. The molecule has 8 heteroatoms. The van der Waals surface area contributed by atoms with E-state index in [0.717, 1.165) is 21.7 Å². The molecule has 0 aliphatic rings. The molecule has 0 amide bonds. The summed E-state index contributed by atoms with van der Waals surface area (Å²) in [5.41, 5.74) is 3.70. The predicted molar refractivity (Wildman–Crippen MR) is 121 cm³/mol. The van der Waals surface area contributed by atoms with Gasteiger partial charge >= 0.3 is 0 Å². The Morgan fingerprint density at radius 2 is 1.26 bits per heavy atom. The SMILES string of the molecule is Cc1ccc(-c2c(F)c(P)c(P)c(P)c2-c2ccc(S(N)(=O)=O)cc2)cc1. The van der Waals surface area contributed by atoms with Gasteiger partial charge in [0.05, 0.1) is 4.90 Å². The van der Waals surface area contributed by atoms with Crippen LogP contribution < -0.4 is 21.1 Å². The van der Waals surface area contributed by atoms with E-state index in [1.807, 2.05) is 31.2 Å². The van der Waals surface area contributed by atoms with Crippen molar-refractivity contribution in [3.63, 3.8) is 0 Å². The van der Waals surface area contributed by atoms with Gasteiger partial charge in [-0.1, -0.05) is 42.0 Å². The summed E-state index contributed by atoms with van der Waals surface area (Å²) in [4.78, 5) is 0.0164. The molecule has 0 spiro atoms. The van der Waals surface area contributed by atoms with Crippen molar-refractivity contribution in [2.45, 2.75) is 11.8 Å². The first-order valence-corrected chi connectivity index (χ1v) is 11.2. The van der Waals surface area contributed by atoms with E-state index in [9.17, 15) is 8.42 Å². The monoisotopic (exact) mass is 437 g/mol. The Balaban J connectivity index is 2.33. The molecule has 0 aliphatic heterocycles. The van der Waals surface area contributed by atoms with E-state index in [1.165, 1.54) is 12.1 Å². The standard InChI is InChI=1S/C19H19FNO2P3S/c1-10-2-4-11(5-3-10)14-15(17(24)19(26)18(25)16(14)20)12-6-8-13(9-7-12)27(21,22)23/h2-9H,24-26H2,1H3,(H2,21,22,23). The molecular formula is C19H19FNO2P3S. The molecule has 2 N–H and O–H groups in total. The average molecular weight is 437 g/mol. The van der Waals surface area contributed by atoms with E-state index in [-0.39, 0.29) is 10.7 Å². The number of aryl methyl sites for hydroxylation is 1. The number of primary sulfonamides is 1. The molecule has 0 saturated carbocycles. The van der Waals surface area contributed by atoms with E-state index < -0.39 is 10.0 Å². The van der Waals surface area contributed by atoms with E-state index in [0.29, 0.717) is 22.0 Å². The lowest BCUT2D eigenvalue weighted by molar-refractivity contribution is 0.598. The van der Waals surface area contributed by atoms with Gasteiger partial charge in [-0.2, -0.15) is 0 Å². The van der Waals surface area contributed by atoms with Crippen molar-refractivity contribution in [1.82, 2.24) is 0 Å². The first-order valence-electron chi connectivity index (χ1n) is 7.97. The molecule has 3 nitrogen and oxygen atoms in total. The van der Waals surface area contributed by atoms with Crippen LogP contribution in [0.4, 0.5) is 4.39 Å². The fourth-order valence-electron chi connectivity index (χ4n) is 2.88. The van der Waals surface area contributed by atoms with Crippen molar-refractivity contribution in [3.05, 3.63) is 59.9 Å². The number of halogens is 1. The summed E-state index contributed by atoms with van der Waals surface area (Å²) in [5, 5.41) is 7.21. The number of hydrogen-bond donors (Lipinski definition) is 1. The van der Waals surface area contributed by atoms with Gasteiger partial charge < -0.3 is 0 Å². The quantitative estimate of drug-likeness (QED) is 0.641. The molecule has 27 heavy (non-hydrogen) atoms. The van der Waals surface area contributed by atoms with Crippen molar-refractivity contribution in [3.8, 4) is 22.3 Å². The van der Waals surface area contributed by atoms with E-state index in [2.05, 4.69) is 27.7 Å². The molecule has 3 rings (SSSR count). The van der Waals surface area contributed by atoms with Gasteiger partial charge in [0, 0.05) is 16.4 Å². The first-order chi connectivity index (χ1) is 12.6. The number of nitrogens with two attached hydrogens (primary N) is 1. The van der Waals surface area contributed by atoms with Crippen LogP contribution in [-0.2, 0) is 10.0 Å². The van der Waals surface area contributed by atoms with Crippen LogP contribution in [0, 0.1) is 12.7 Å². The topological polar surface area (TPSA) is 60.2 Å². The summed E-state index contributed by atoms with van der Waals surface area (Å²) in [7, 11) is 3.89. The fraction of sp³-hybridized carbons (Fsp3) is 0.0526. The molecule has 0 aliphatic carbocycles. The third-order valence-corrected chi connectivity index (χ3v) is 7.75. The highest BCUT2D eigenvalue weighted by Gasteiger charge is 2.21. The zero-order chi connectivity index (χ0) is 19.9. The lowest BCUT2D eigenvalue weighted by Gasteiger charge is -2.19. The maximum absolute atomic E-state index is 15.3. The molecular weight excluding hydrogens is 418 g/mol. The normalized spacial score (nSPS) is 11.6. The van der Waals surface area contributed by atoms with Crippen LogP contribution in [0.5, 0.6) is 0 Å². The van der Waals surface area contributed by atoms with E-state index in [4.69, 9.17) is 5.14 Å². The van der Waals surface area contributed by atoms with Gasteiger partial charge in [0.2, 0.25) is 10.0 Å². The molecule has 3 aromatic carbocycles. The Labute approximate surface area is 165 Å². The molecule has 0 radical (unpaired) electrons. The van der Waals surface area contributed by atoms with E-state index in [1.54, 1.807) is 12.1 Å². The molecule has 0 fully saturated rings. The Kier molecular flexibility index (Phi) is 5.82.